The Labute approximate surface area is 114 Å². The molecule has 0 spiro atoms. The molecule has 0 saturated heterocycles. The second kappa shape index (κ2) is 9.08. The molecular weight excluding hydrogens is 302 g/mol. The summed E-state index contributed by atoms with van der Waals surface area (Å²) in [6.07, 6.45) is 0.189. The van der Waals surface area contributed by atoms with Crippen molar-refractivity contribution in [3.63, 3.8) is 0 Å². The van der Waals surface area contributed by atoms with Crippen LogP contribution in [0, 0.1) is 0 Å². The zero-order chi connectivity index (χ0) is 13.4. The largest absolute Gasteiger partial charge is 0.375 e. The molecule has 1 atom stereocenters. The smallest absolute Gasteiger partial charge is 0.332 e. The predicted octanol–water partition coefficient (Wildman–Crippen LogP) is 3.25. The molecule has 1 unspecified atom stereocenters. The molecule has 0 rings (SSSR count). The van der Waals surface area contributed by atoms with E-state index in [9.17, 15) is 0 Å². The van der Waals surface area contributed by atoms with Crippen molar-refractivity contribution in [1.29, 1.82) is 0 Å². The normalized spacial score (nSPS) is 15.8. The molecule has 0 fully saturated rings. The third-order valence-electron chi connectivity index (χ3n) is 1.41. The second-order valence-corrected chi connectivity index (χ2v) is 9.62. The summed E-state index contributed by atoms with van der Waals surface area (Å²) in [7, 11) is 1.54. The van der Waals surface area contributed by atoms with E-state index in [0.29, 0.717) is 19.8 Å². The maximum atomic E-state index is 5.65. The van der Waals surface area contributed by atoms with Gasteiger partial charge in [-0.3, -0.25) is 0 Å². The third kappa shape index (κ3) is 7.31. The molecule has 0 radical (unpaired) electrons. The van der Waals surface area contributed by atoms with Gasteiger partial charge in [0.1, 0.15) is 6.35 Å². The van der Waals surface area contributed by atoms with Crippen molar-refractivity contribution in [3.05, 3.63) is 0 Å². The van der Waals surface area contributed by atoms with Crippen LogP contribution in [0.1, 0.15) is 20.8 Å². The van der Waals surface area contributed by atoms with Gasteiger partial charge in [-0.25, -0.2) is 4.31 Å². The van der Waals surface area contributed by atoms with Crippen molar-refractivity contribution < 1.29 is 22.6 Å². The molecule has 5 nitrogen and oxygen atoms in total. The van der Waals surface area contributed by atoms with Crippen LogP contribution in [0.15, 0.2) is 0 Å². The van der Waals surface area contributed by atoms with E-state index in [-0.39, 0.29) is 6.35 Å². The molecule has 0 heterocycles. The number of methoxy groups -OCH3 is 1. The van der Waals surface area contributed by atoms with Gasteiger partial charge in [-0.1, -0.05) is 0 Å². The van der Waals surface area contributed by atoms with Gasteiger partial charge >= 0.3 is 6.72 Å². The Kier molecular flexibility index (Phi) is 9.66. The van der Waals surface area contributed by atoms with Gasteiger partial charge in [0.25, 0.3) is 0 Å². The Balaban J connectivity index is 4.79. The van der Waals surface area contributed by atoms with E-state index >= 15 is 0 Å². The van der Waals surface area contributed by atoms with Crippen LogP contribution in [0.5, 0.6) is 0 Å². The lowest BCUT2D eigenvalue weighted by molar-refractivity contribution is 0.191. The summed E-state index contributed by atoms with van der Waals surface area (Å²) in [5.41, 5.74) is 0. The molecule has 0 N–H and O–H groups in total. The molecule has 0 aromatic carbocycles. The first kappa shape index (κ1) is 18.1. The molecule has 0 aromatic rings. The van der Waals surface area contributed by atoms with Crippen molar-refractivity contribution in [3.8, 4) is 0 Å². The Hall–Kier alpha value is 1.10. The SMILES string of the molecule is CCOP(=S)(COC)OP(=S)(OCC)OCC. The minimum atomic E-state index is -2.83. The van der Waals surface area contributed by atoms with Gasteiger partial charge in [-0.05, 0) is 44.4 Å². The highest BCUT2D eigenvalue weighted by atomic mass is 32.5. The minimum absolute atomic E-state index is 0.189. The van der Waals surface area contributed by atoms with E-state index in [1.807, 2.05) is 20.8 Å². The number of hydrogen-bond acceptors (Lipinski definition) is 7. The van der Waals surface area contributed by atoms with Gasteiger partial charge < -0.3 is 18.3 Å². The molecule has 0 aliphatic rings. The van der Waals surface area contributed by atoms with Crippen molar-refractivity contribution in [2.45, 2.75) is 20.8 Å². The Morgan fingerprint density at radius 3 is 1.71 bits per heavy atom. The number of hydrogen-bond donors (Lipinski definition) is 0. The first-order valence-electron chi connectivity index (χ1n) is 5.28. The second-order valence-electron chi connectivity index (χ2n) is 2.81. The van der Waals surface area contributed by atoms with Gasteiger partial charge in [0.2, 0.25) is 6.49 Å². The summed E-state index contributed by atoms with van der Waals surface area (Å²) < 4.78 is 26.8. The van der Waals surface area contributed by atoms with Crippen LogP contribution in [0.4, 0.5) is 0 Å². The number of ether oxygens (including phenoxy) is 1. The summed E-state index contributed by atoms with van der Waals surface area (Å²) in [6.45, 7) is 1.32. The summed E-state index contributed by atoms with van der Waals surface area (Å²) in [4.78, 5) is 0. The highest BCUT2D eigenvalue weighted by Crippen LogP contribution is 2.65. The van der Waals surface area contributed by atoms with Crippen molar-refractivity contribution >= 4 is 36.8 Å². The van der Waals surface area contributed by atoms with Crippen LogP contribution in [-0.4, -0.2) is 33.3 Å². The third-order valence-corrected chi connectivity index (χ3v) is 8.05. The first-order valence-corrected chi connectivity index (χ1v) is 10.7. The van der Waals surface area contributed by atoms with Crippen molar-refractivity contribution in [2.75, 3.05) is 33.3 Å². The molecule has 17 heavy (non-hydrogen) atoms. The summed E-state index contributed by atoms with van der Waals surface area (Å²) in [5.74, 6) is 0. The van der Waals surface area contributed by atoms with Crippen LogP contribution in [0.2, 0.25) is 0 Å². The highest BCUT2D eigenvalue weighted by Gasteiger charge is 2.30. The van der Waals surface area contributed by atoms with E-state index in [1.54, 1.807) is 0 Å². The maximum absolute atomic E-state index is 5.65. The average molecular weight is 322 g/mol. The topological polar surface area (TPSA) is 46.2 Å². The molecule has 0 saturated carbocycles. The fourth-order valence-electron chi connectivity index (χ4n) is 0.992. The molecule has 0 aliphatic heterocycles. The fourth-order valence-corrected chi connectivity index (χ4v) is 7.86. The van der Waals surface area contributed by atoms with Crippen LogP contribution < -0.4 is 0 Å². The molecule has 9 heteroatoms. The lowest BCUT2D eigenvalue weighted by atomic mass is 10.9. The lowest BCUT2D eigenvalue weighted by Crippen LogP contribution is -2.04. The molecule has 104 valence electrons. The van der Waals surface area contributed by atoms with Crippen LogP contribution in [0.25, 0.3) is 0 Å². The van der Waals surface area contributed by atoms with Crippen LogP contribution >= 0.6 is 13.2 Å². The Morgan fingerprint density at radius 2 is 1.35 bits per heavy atom. The minimum Gasteiger partial charge on any atom is -0.375 e. The fraction of sp³-hybridized carbons (Fsp3) is 1.00. The van der Waals surface area contributed by atoms with E-state index in [2.05, 4.69) is 0 Å². The van der Waals surface area contributed by atoms with Gasteiger partial charge in [-0.2, -0.15) is 0 Å². The molecule has 0 aromatic heterocycles. The summed E-state index contributed by atoms with van der Waals surface area (Å²) in [6, 6.07) is 0. The van der Waals surface area contributed by atoms with Gasteiger partial charge in [0, 0.05) is 7.11 Å². The summed E-state index contributed by atoms with van der Waals surface area (Å²) in [5, 5.41) is 0. The van der Waals surface area contributed by atoms with Gasteiger partial charge in [0.15, 0.2) is 0 Å². The Bertz CT molecular complexity index is 252. The molecule has 0 bridgehead atoms. The first-order chi connectivity index (χ1) is 7.95. The van der Waals surface area contributed by atoms with E-state index < -0.39 is 13.2 Å². The average Bonchev–Trinajstić information content (AvgIpc) is 2.17. The zero-order valence-corrected chi connectivity index (χ0v) is 14.0. The molecular formula is C8H20O5P2S2. The molecule has 0 amide bonds. The Morgan fingerprint density at radius 1 is 0.882 bits per heavy atom. The van der Waals surface area contributed by atoms with Gasteiger partial charge in [0.05, 0.1) is 19.8 Å². The van der Waals surface area contributed by atoms with Crippen molar-refractivity contribution in [1.82, 2.24) is 0 Å². The van der Waals surface area contributed by atoms with E-state index in [0.717, 1.165) is 0 Å². The van der Waals surface area contributed by atoms with Crippen LogP contribution in [-0.2, 0) is 46.2 Å². The highest BCUT2D eigenvalue weighted by molar-refractivity contribution is 8.16. The maximum Gasteiger partial charge on any atom is 0.332 e. The van der Waals surface area contributed by atoms with Crippen LogP contribution in [0.3, 0.4) is 0 Å². The summed E-state index contributed by atoms with van der Waals surface area (Å²) >= 11 is 10.6. The number of rotatable bonds is 10. The predicted molar refractivity (Wildman–Crippen MR) is 76.4 cm³/mol. The lowest BCUT2D eigenvalue weighted by Gasteiger charge is -2.27. The standard InChI is InChI=1S/C8H20O5P2S2/c1-5-10-14(16,8-9-4)13-15(17,11-6-2)12-7-3/h5-8H2,1-4H3. The van der Waals surface area contributed by atoms with E-state index in [1.165, 1.54) is 7.11 Å². The van der Waals surface area contributed by atoms with Crippen molar-refractivity contribution in [2.24, 2.45) is 0 Å². The molecule has 0 aliphatic carbocycles. The quantitative estimate of drug-likeness (QED) is 0.572. The monoisotopic (exact) mass is 322 g/mol. The van der Waals surface area contributed by atoms with Gasteiger partial charge in [-0.15, -0.1) is 0 Å². The zero-order valence-electron chi connectivity index (χ0n) is 10.6. The van der Waals surface area contributed by atoms with E-state index in [4.69, 9.17) is 46.2 Å².